The molecule has 0 radical (unpaired) electrons. The minimum absolute atomic E-state index is 0.357. The van der Waals surface area contributed by atoms with Crippen LogP contribution in [0.4, 0.5) is 10.5 Å². The highest BCUT2D eigenvalue weighted by atomic mass is 16.7. The van der Waals surface area contributed by atoms with E-state index in [0.29, 0.717) is 51.8 Å². The Hall–Kier alpha value is -3.71. The first-order valence-electron chi connectivity index (χ1n) is 11.2. The van der Waals surface area contributed by atoms with Crippen molar-refractivity contribution in [1.29, 1.82) is 0 Å². The summed E-state index contributed by atoms with van der Waals surface area (Å²) >= 11 is 0. The van der Waals surface area contributed by atoms with Crippen molar-refractivity contribution in [3.63, 3.8) is 0 Å². The van der Waals surface area contributed by atoms with Crippen LogP contribution in [0.15, 0.2) is 66.7 Å². The van der Waals surface area contributed by atoms with E-state index < -0.39 is 6.16 Å². The lowest BCUT2D eigenvalue weighted by Gasteiger charge is -2.29. The number of morpholine rings is 1. The lowest BCUT2D eigenvalue weighted by atomic mass is 10.1. The fourth-order valence-corrected chi connectivity index (χ4v) is 4.49. The van der Waals surface area contributed by atoms with Gasteiger partial charge in [-0.15, -0.1) is 0 Å². The molecule has 7 heteroatoms. The van der Waals surface area contributed by atoms with Gasteiger partial charge in [0.15, 0.2) is 0 Å². The first-order valence-corrected chi connectivity index (χ1v) is 11.2. The molecule has 7 nitrogen and oxygen atoms in total. The van der Waals surface area contributed by atoms with Crippen LogP contribution >= 0.6 is 0 Å². The molecule has 2 heterocycles. The Morgan fingerprint density at radius 1 is 0.939 bits per heavy atom. The standard InChI is InChI=1S/C26H26N2O5/c29-26(30)33-25-24(27-14-17-31-18-15-27)21-10-3-4-11-22(21)28(25)13-6-16-32-23-12-5-8-19-7-1-2-9-20(19)23/h1-5,7-12H,6,13-18H2,(H,29,30). The number of benzene rings is 3. The topological polar surface area (TPSA) is 73.2 Å². The van der Waals surface area contributed by atoms with Crippen molar-refractivity contribution in [2.45, 2.75) is 13.0 Å². The summed E-state index contributed by atoms with van der Waals surface area (Å²) in [4.78, 5) is 13.7. The van der Waals surface area contributed by atoms with E-state index in [9.17, 15) is 9.90 Å². The van der Waals surface area contributed by atoms with Crippen molar-refractivity contribution in [3.05, 3.63) is 66.7 Å². The second-order valence-corrected chi connectivity index (χ2v) is 7.97. The van der Waals surface area contributed by atoms with Crippen LogP contribution in [0.1, 0.15) is 6.42 Å². The summed E-state index contributed by atoms with van der Waals surface area (Å²) in [6.07, 6.45) is -0.624. The zero-order valence-electron chi connectivity index (χ0n) is 18.3. The number of para-hydroxylation sites is 1. The number of fused-ring (bicyclic) bond motifs is 2. The zero-order chi connectivity index (χ0) is 22.6. The molecular formula is C26H26N2O5. The lowest BCUT2D eigenvalue weighted by molar-refractivity contribution is 0.122. The fraction of sp³-hybridized carbons (Fsp3) is 0.269. The number of aromatic nitrogens is 1. The third-order valence-electron chi connectivity index (χ3n) is 5.94. The molecule has 0 bridgehead atoms. The molecule has 170 valence electrons. The third kappa shape index (κ3) is 4.32. The quantitative estimate of drug-likeness (QED) is 0.312. The SMILES string of the molecule is O=C(O)Oc1c(N2CCOCC2)c2ccccc2n1CCCOc1cccc2ccccc12. The molecule has 4 aromatic rings. The molecule has 33 heavy (non-hydrogen) atoms. The first-order chi connectivity index (χ1) is 16.2. The molecular weight excluding hydrogens is 420 g/mol. The Bertz CT molecular complexity index is 1270. The predicted octanol–water partition coefficient (Wildman–Crippen LogP) is 5.16. The Morgan fingerprint density at radius 2 is 1.67 bits per heavy atom. The molecule has 0 aliphatic carbocycles. The van der Waals surface area contributed by atoms with Crippen molar-refractivity contribution in [1.82, 2.24) is 4.57 Å². The van der Waals surface area contributed by atoms with Crippen molar-refractivity contribution < 1.29 is 24.1 Å². The number of hydrogen-bond acceptors (Lipinski definition) is 5. The van der Waals surface area contributed by atoms with Crippen molar-refractivity contribution in [3.8, 4) is 11.6 Å². The number of ether oxygens (including phenoxy) is 3. The molecule has 0 amide bonds. The number of anilines is 1. The van der Waals surface area contributed by atoms with Crippen LogP contribution in [-0.2, 0) is 11.3 Å². The third-order valence-corrected chi connectivity index (χ3v) is 5.94. The molecule has 1 aliphatic heterocycles. The molecule has 1 fully saturated rings. The maximum absolute atomic E-state index is 11.6. The van der Waals surface area contributed by atoms with Gasteiger partial charge < -0.3 is 28.8 Å². The average molecular weight is 447 g/mol. The van der Waals surface area contributed by atoms with Crippen LogP contribution in [0, 0.1) is 0 Å². The van der Waals surface area contributed by atoms with Gasteiger partial charge in [0.2, 0.25) is 5.88 Å². The summed E-state index contributed by atoms with van der Waals surface area (Å²) in [6.45, 7) is 3.65. The molecule has 0 saturated carbocycles. The van der Waals surface area contributed by atoms with Crippen molar-refractivity contribution in [2.24, 2.45) is 0 Å². The molecule has 1 saturated heterocycles. The van der Waals surface area contributed by atoms with Gasteiger partial charge in [0.25, 0.3) is 0 Å². The minimum atomic E-state index is -1.32. The van der Waals surface area contributed by atoms with Crippen LogP contribution < -0.4 is 14.4 Å². The Kier molecular flexibility index (Phi) is 6.04. The lowest BCUT2D eigenvalue weighted by Crippen LogP contribution is -2.36. The maximum Gasteiger partial charge on any atom is 0.512 e. The largest absolute Gasteiger partial charge is 0.512 e. The Morgan fingerprint density at radius 3 is 2.48 bits per heavy atom. The second kappa shape index (κ2) is 9.42. The summed E-state index contributed by atoms with van der Waals surface area (Å²) in [5.74, 6) is 1.21. The van der Waals surface area contributed by atoms with E-state index in [1.54, 1.807) is 0 Å². The molecule has 1 aromatic heterocycles. The highest BCUT2D eigenvalue weighted by Crippen LogP contribution is 2.40. The van der Waals surface area contributed by atoms with Gasteiger partial charge in [-0.1, -0.05) is 54.6 Å². The highest BCUT2D eigenvalue weighted by molar-refractivity contribution is 5.98. The maximum atomic E-state index is 11.6. The van der Waals surface area contributed by atoms with Gasteiger partial charge in [0.1, 0.15) is 11.4 Å². The summed E-state index contributed by atoms with van der Waals surface area (Å²) in [5, 5.41) is 12.7. The predicted molar refractivity (Wildman–Crippen MR) is 128 cm³/mol. The van der Waals surface area contributed by atoms with E-state index in [-0.39, 0.29) is 0 Å². The zero-order valence-corrected chi connectivity index (χ0v) is 18.3. The summed E-state index contributed by atoms with van der Waals surface area (Å²) in [6, 6.07) is 22.1. The molecule has 0 unspecified atom stereocenters. The number of carbonyl (C=O) groups is 1. The molecule has 0 atom stereocenters. The number of hydrogen-bond donors (Lipinski definition) is 1. The van der Waals surface area contributed by atoms with Gasteiger partial charge in [0.05, 0.1) is 25.3 Å². The normalized spacial score (nSPS) is 14.0. The smallest absolute Gasteiger partial charge is 0.493 e. The number of aryl methyl sites for hydroxylation is 1. The minimum Gasteiger partial charge on any atom is -0.493 e. The number of carboxylic acid groups (broad SMARTS) is 1. The van der Waals surface area contributed by atoms with E-state index in [1.165, 1.54) is 0 Å². The van der Waals surface area contributed by atoms with Gasteiger partial charge in [-0.05, 0) is 23.9 Å². The number of rotatable bonds is 7. The van der Waals surface area contributed by atoms with Crippen LogP contribution in [-0.4, -0.2) is 48.7 Å². The van der Waals surface area contributed by atoms with Gasteiger partial charge in [0, 0.05) is 30.4 Å². The van der Waals surface area contributed by atoms with Gasteiger partial charge >= 0.3 is 6.16 Å². The van der Waals surface area contributed by atoms with Crippen LogP contribution in [0.3, 0.4) is 0 Å². The monoisotopic (exact) mass is 446 g/mol. The Labute approximate surface area is 191 Å². The van der Waals surface area contributed by atoms with E-state index in [4.69, 9.17) is 14.2 Å². The van der Waals surface area contributed by atoms with E-state index in [2.05, 4.69) is 23.1 Å². The second-order valence-electron chi connectivity index (χ2n) is 7.97. The molecule has 1 N–H and O–H groups in total. The highest BCUT2D eigenvalue weighted by Gasteiger charge is 2.26. The molecule has 5 rings (SSSR count). The van der Waals surface area contributed by atoms with Gasteiger partial charge in [-0.2, -0.15) is 0 Å². The summed E-state index contributed by atoms with van der Waals surface area (Å²) in [7, 11) is 0. The van der Waals surface area contributed by atoms with Gasteiger partial charge in [-0.25, -0.2) is 4.79 Å². The molecule has 3 aromatic carbocycles. The van der Waals surface area contributed by atoms with E-state index >= 15 is 0 Å². The van der Waals surface area contributed by atoms with E-state index in [1.807, 2.05) is 53.1 Å². The van der Waals surface area contributed by atoms with Gasteiger partial charge in [-0.3, -0.25) is 0 Å². The fourth-order valence-electron chi connectivity index (χ4n) is 4.49. The first kappa shape index (κ1) is 21.2. The average Bonchev–Trinajstić information content (AvgIpc) is 3.14. The van der Waals surface area contributed by atoms with Crippen molar-refractivity contribution in [2.75, 3.05) is 37.8 Å². The summed E-state index contributed by atoms with van der Waals surface area (Å²) in [5.41, 5.74) is 1.76. The van der Waals surface area contributed by atoms with Crippen LogP contribution in [0.5, 0.6) is 11.6 Å². The summed E-state index contributed by atoms with van der Waals surface area (Å²) < 4.78 is 18.9. The van der Waals surface area contributed by atoms with E-state index in [0.717, 1.165) is 33.1 Å². The van der Waals surface area contributed by atoms with Crippen molar-refractivity contribution >= 4 is 33.5 Å². The van der Waals surface area contributed by atoms with Crippen LogP contribution in [0.25, 0.3) is 21.7 Å². The van der Waals surface area contributed by atoms with Crippen LogP contribution in [0.2, 0.25) is 0 Å². The molecule has 0 spiro atoms. The molecule has 1 aliphatic rings. The Balaban J connectivity index is 1.40. The number of nitrogens with zero attached hydrogens (tertiary/aromatic N) is 2.